The molecule has 0 amide bonds. The first-order chi connectivity index (χ1) is 5.95. The maximum atomic E-state index is 12.8. The Labute approximate surface area is 70.6 Å². The molecule has 0 bridgehead atoms. The maximum Gasteiger partial charge on any atom is 0.338 e. The minimum absolute atomic E-state index is 0.239. The molecule has 3 nitrogen and oxygen atoms in total. The number of nitrogen functional groups attached to an aromatic ring is 1. The van der Waals surface area contributed by atoms with E-state index < -0.39 is 34.7 Å². The molecule has 0 radical (unpaired) electrons. The lowest BCUT2D eigenvalue weighted by molar-refractivity contribution is 0.0691. The second kappa shape index (κ2) is 2.96. The van der Waals surface area contributed by atoms with E-state index in [0.29, 0.717) is 0 Å². The highest BCUT2D eigenvalue weighted by molar-refractivity contribution is 5.89. The second-order valence-corrected chi connectivity index (χ2v) is 2.25. The Kier molecular flexibility index (Phi) is 2.14. The summed E-state index contributed by atoms with van der Waals surface area (Å²) < 4.78 is 37.8. The maximum absolute atomic E-state index is 12.8. The highest BCUT2D eigenvalue weighted by atomic mass is 19.2. The van der Waals surface area contributed by atoms with Crippen molar-refractivity contribution >= 4 is 11.7 Å². The molecule has 13 heavy (non-hydrogen) atoms. The largest absolute Gasteiger partial charge is 0.478 e. The minimum atomic E-state index is -1.71. The number of hydrogen-bond acceptors (Lipinski definition) is 2. The van der Waals surface area contributed by atoms with Crippen LogP contribution in [0, 0.1) is 17.5 Å². The summed E-state index contributed by atoms with van der Waals surface area (Å²) in [7, 11) is 0. The number of nitrogens with two attached hydrogens (primary N) is 1. The summed E-state index contributed by atoms with van der Waals surface area (Å²) in [5.74, 6) is -6.24. The Bertz CT molecular complexity index is 378. The molecule has 0 saturated heterocycles. The van der Waals surface area contributed by atoms with Crippen LogP contribution >= 0.6 is 0 Å². The van der Waals surface area contributed by atoms with Crippen molar-refractivity contribution in [2.75, 3.05) is 5.73 Å². The lowest BCUT2D eigenvalue weighted by atomic mass is 10.1. The van der Waals surface area contributed by atoms with E-state index in [2.05, 4.69) is 0 Å². The molecule has 0 aliphatic heterocycles. The number of benzene rings is 1. The van der Waals surface area contributed by atoms with Gasteiger partial charge in [-0.2, -0.15) is 0 Å². The van der Waals surface area contributed by atoms with Gasteiger partial charge in [0.15, 0.2) is 17.5 Å². The lowest BCUT2D eigenvalue weighted by Gasteiger charge is -2.02. The third kappa shape index (κ3) is 1.42. The van der Waals surface area contributed by atoms with Gasteiger partial charge in [-0.25, -0.2) is 18.0 Å². The summed E-state index contributed by atoms with van der Waals surface area (Å²) in [6.45, 7) is 0. The quantitative estimate of drug-likeness (QED) is 0.520. The molecular formula is C7H4F3NO2. The van der Waals surface area contributed by atoms with Crippen LogP contribution in [0.4, 0.5) is 18.9 Å². The first-order valence-electron chi connectivity index (χ1n) is 3.11. The van der Waals surface area contributed by atoms with Crippen molar-refractivity contribution in [3.63, 3.8) is 0 Å². The summed E-state index contributed by atoms with van der Waals surface area (Å²) in [5, 5.41) is 8.32. The van der Waals surface area contributed by atoms with Crippen molar-refractivity contribution < 1.29 is 23.1 Å². The average Bonchev–Trinajstić information content (AvgIpc) is 2.07. The second-order valence-electron chi connectivity index (χ2n) is 2.25. The Morgan fingerprint density at radius 1 is 1.31 bits per heavy atom. The Morgan fingerprint density at radius 2 is 1.85 bits per heavy atom. The predicted molar refractivity (Wildman–Crippen MR) is 37.7 cm³/mol. The molecule has 0 aliphatic carbocycles. The molecule has 0 atom stereocenters. The van der Waals surface area contributed by atoms with Crippen molar-refractivity contribution in [2.45, 2.75) is 0 Å². The summed E-state index contributed by atoms with van der Waals surface area (Å²) >= 11 is 0. The van der Waals surface area contributed by atoms with Gasteiger partial charge in [0.1, 0.15) is 11.3 Å². The Hall–Kier alpha value is -1.72. The molecule has 1 rings (SSSR count). The molecule has 1 aromatic carbocycles. The molecule has 6 heteroatoms. The molecule has 0 unspecified atom stereocenters. The normalized spacial score (nSPS) is 10.1. The summed E-state index contributed by atoms with van der Waals surface area (Å²) in [6.07, 6.45) is 0. The van der Waals surface area contributed by atoms with Crippen LogP contribution in [0.2, 0.25) is 0 Å². The van der Waals surface area contributed by atoms with Crippen LogP contribution in [0.1, 0.15) is 10.4 Å². The van der Waals surface area contributed by atoms with Gasteiger partial charge in [0, 0.05) is 0 Å². The fourth-order valence-corrected chi connectivity index (χ4v) is 0.779. The van der Waals surface area contributed by atoms with Gasteiger partial charge in [-0.1, -0.05) is 0 Å². The molecule has 0 aromatic heterocycles. The summed E-state index contributed by atoms with van der Waals surface area (Å²) in [4.78, 5) is 10.3. The first kappa shape index (κ1) is 9.37. The zero-order chi connectivity index (χ0) is 10.2. The van der Waals surface area contributed by atoms with Crippen LogP contribution in [-0.2, 0) is 0 Å². The van der Waals surface area contributed by atoms with Gasteiger partial charge in [0.2, 0.25) is 0 Å². The average molecular weight is 191 g/mol. The van der Waals surface area contributed by atoms with E-state index in [-0.39, 0.29) is 6.07 Å². The summed E-state index contributed by atoms with van der Waals surface area (Å²) in [6, 6.07) is 0.239. The van der Waals surface area contributed by atoms with Gasteiger partial charge in [-0.3, -0.25) is 0 Å². The van der Waals surface area contributed by atoms with Crippen LogP contribution in [0.15, 0.2) is 6.07 Å². The van der Waals surface area contributed by atoms with Crippen LogP contribution in [0.5, 0.6) is 0 Å². The Morgan fingerprint density at radius 3 is 2.31 bits per heavy atom. The van der Waals surface area contributed by atoms with Gasteiger partial charge in [-0.15, -0.1) is 0 Å². The van der Waals surface area contributed by atoms with E-state index in [9.17, 15) is 18.0 Å². The summed E-state index contributed by atoms with van der Waals surface area (Å²) in [5.41, 5.74) is 2.65. The molecule has 0 saturated carbocycles. The third-order valence-corrected chi connectivity index (χ3v) is 1.42. The molecule has 0 heterocycles. The van der Waals surface area contributed by atoms with Gasteiger partial charge in [0.25, 0.3) is 0 Å². The zero-order valence-electron chi connectivity index (χ0n) is 6.14. The van der Waals surface area contributed by atoms with Crippen molar-refractivity contribution in [3.05, 3.63) is 29.1 Å². The zero-order valence-corrected chi connectivity index (χ0v) is 6.14. The van der Waals surface area contributed by atoms with Crippen LogP contribution in [-0.4, -0.2) is 11.1 Å². The number of carbonyl (C=O) groups is 1. The molecule has 3 N–H and O–H groups in total. The Balaban J connectivity index is 3.50. The lowest BCUT2D eigenvalue weighted by Crippen LogP contribution is -2.07. The number of carboxylic acid groups (broad SMARTS) is 1. The number of hydrogen-bond donors (Lipinski definition) is 2. The molecule has 0 spiro atoms. The van der Waals surface area contributed by atoms with Crippen LogP contribution < -0.4 is 5.73 Å². The molecule has 0 aliphatic rings. The van der Waals surface area contributed by atoms with Gasteiger partial charge < -0.3 is 10.8 Å². The highest BCUT2D eigenvalue weighted by Gasteiger charge is 2.20. The van der Waals surface area contributed by atoms with E-state index in [4.69, 9.17) is 10.8 Å². The van der Waals surface area contributed by atoms with E-state index in [1.165, 1.54) is 0 Å². The number of rotatable bonds is 1. The van der Waals surface area contributed by atoms with E-state index in [1.54, 1.807) is 0 Å². The monoisotopic (exact) mass is 191 g/mol. The van der Waals surface area contributed by atoms with Gasteiger partial charge in [-0.05, 0) is 6.07 Å². The van der Waals surface area contributed by atoms with Crippen LogP contribution in [0.3, 0.4) is 0 Å². The smallest absolute Gasteiger partial charge is 0.338 e. The molecule has 70 valence electrons. The topological polar surface area (TPSA) is 63.3 Å². The SMILES string of the molecule is Nc1c(F)c(F)cc(C(=O)O)c1F. The van der Waals surface area contributed by atoms with Gasteiger partial charge >= 0.3 is 5.97 Å². The van der Waals surface area contributed by atoms with Crippen molar-refractivity contribution in [3.8, 4) is 0 Å². The standard InChI is InChI=1S/C7H4F3NO2/c8-3-1-2(7(12)13)4(9)6(11)5(3)10/h1H,11H2,(H,12,13). The highest BCUT2D eigenvalue weighted by Crippen LogP contribution is 2.21. The van der Waals surface area contributed by atoms with Gasteiger partial charge in [0.05, 0.1) is 0 Å². The van der Waals surface area contributed by atoms with Crippen molar-refractivity contribution in [1.82, 2.24) is 0 Å². The predicted octanol–water partition coefficient (Wildman–Crippen LogP) is 1.38. The van der Waals surface area contributed by atoms with E-state index in [1.807, 2.05) is 0 Å². The van der Waals surface area contributed by atoms with E-state index >= 15 is 0 Å². The van der Waals surface area contributed by atoms with Crippen molar-refractivity contribution in [1.29, 1.82) is 0 Å². The fraction of sp³-hybridized carbons (Fsp3) is 0. The van der Waals surface area contributed by atoms with E-state index in [0.717, 1.165) is 0 Å². The molecule has 1 aromatic rings. The van der Waals surface area contributed by atoms with Crippen molar-refractivity contribution in [2.24, 2.45) is 0 Å². The number of aromatic carboxylic acids is 1. The molecular weight excluding hydrogens is 187 g/mol. The number of anilines is 1. The number of halogens is 3. The molecule has 0 fully saturated rings. The third-order valence-electron chi connectivity index (χ3n) is 1.42. The first-order valence-corrected chi connectivity index (χ1v) is 3.11. The minimum Gasteiger partial charge on any atom is -0.478 e. The number of carboxylic acids is 1. The van der Waals surface area contributed by atoms with Crippen LogP contribution in [0.25, 0.3) is 0 Å². The fourth-order valence-electron chi connectivity index (χ4n) is 0.779.